The van der Waals surface area contributed by atoms with Crippen molar-refractivity contribution in [3.8, 4) is 5.88 Å². The van der Waals surface area contributed by atoms with Gasteiger partial charge in [0.1, 0.15) is 6.33 Å². The van der Waals surface area contributed by atoms with E-state index < -0.39 is 0 Å². The molecule has 0 saturated carbocycles. The summed E-state index contributed by atoms with van der Waals surface area (Å²) in [5.41, 5.74) is 2.26. The summed E-state index contributed by atoms with van der Waals surface area (Å²) in [7, 11) is 1.62. The van der Waals surface area contributed by atoms with E-state index in [0.717, 1.165) is 25.1 Å². The number of ether oxygens (including phenoxy) is 1. The molecule has 0 radical (unpaired) electrons. The van der Waals surface area contributed by atoms with Gasteiger partial charge in [-0.3, -0.25) is 0 Å². The van der Waals surface area contributed by atoms with Gasteiger partial charge in [0.25, 0.3) is 0 Å². The van der Waals surface area contributed by atoms with Crippen LogP contribution in [0.1, 0.15) is 30.6 Å². The van der Waals surface area contributed by atoms with Gasteiger partial charge >= 0.3 is 0 Å². The highest BCUT2D eigenvalue weighted by Crippen LogP contribution is 2.18. The number of methoxy groups -OCH3 is 1. The van der Waals surface area contributed by atoms with E-state index in [0.29, 0.717) is 5.88 Å². The highest BCUT2D eigenvalue weighted by Gasteiger charge is 2.12. The van der Waals surface area contributed by atoms with Crippen LogP contribution in [0, 0.1) is 0 Å². The van der Waals surface area contributed by atoms with Crippen molar-refractivity contribution >= 4 is 0 Å². The Labute approximate surface area is 120 Å². The summed E-state index contributed by atoms with van der Waals surface area (Å²) in [6.07, 6.45) is 3.48. The van der Waals surface area contributed by atoms with Crippen LogP contribution in [-0.2, 0) is 6.42 Å². The minimum Gasteiger partial charge on any atom is -0.481 e. The molecule has 0 spiro atoms. The van der Waals surface area contributed by atoms with Crippen LogP contribution in [-0.4, -0.2) is 23.6 Å². The van der Waals surface area contributed by atoms with Crippen LogP contribution in [0.15, 0.2) is 42.7 Å². The van der Waals surface area contributed by atoms with Gasteiger partial charge in [-0.1, -0.05) is 37.3 Å². The molecule has 0 bridgehead atoms. The van der Waals surface area contributed by atoms with E-state index in [2.05, 4.69) is 46.5 Å². The Morgan fingerprint density at radius 1 is 1.20 bits per heavy atom. The Kier molecular flexibility index (Phi) is 5.50. The van der Waals surface area contributed by atoms with Gasteiger partial charge in [-0.2, -0.15) is 0 Å². The molecule has 1 unspecified atom stereocenters. The fourth-order valence-corrected chi connectivity index (χ4v) is 2.12. The molecule has 2 rings (SSSR count). The quantitative estimate of drug-likeness (QED) is 0.841. The molecular weight excluding hydrogens is 250 g/mol. The van der Waals surface area contributed by atoms with Crippen LogP contribution in [0.3, 0.4) is 0 Å². The summed E-state index contributed by atoms with van der Waals surface area (Å²) >= 11 is 0. The Morgan fingerprint density at radius 2 is 2.00 bits per heavy atom. The second-order valence-corrected chi connectivity index (χ2v) is 4.67. The highest BCUT2D eigenvalue weighted by molar-refractivity contribution is 5.22. The van der Waals surface area contributed by atoms with E-state index >= 15 is 0 Å². The van der Waals surface area contributed by atoms with Gasteiger partial charge in [0, 0.05) is 24.2 Å². The van der Waals surface area contributed by atoms with Gasteiger partial charge in [0.15, 0.2) is 0 Å². The zero-order chi connectivity index (χ0) is 14.2. The zero-order valence-corrected chi connectivity index (χ0v) is 12.0. The molecule has 106 valence electrons. The number of nitrogens with zero attached hydrogens (tertiary/aromatic N) is 2. The topological polar surface area (TPSA) is 47.0 Å². The van der Waals surface area contributed by atoms with E-state index in [4.69, 9.17) is 4.74 Å². The van der Waals surface area contributed by atoms with Crippen molar-refractivity contribution in [1.29, 1.82) is 0 Å². The first-order chi connectivity index (χ1) is 9.83. The molecule has 1 aromatic heterocycles. The van der Waals surface area contributed by atoms with Gasteiger partial charge in [0.2, 0.25) is 5.88 Å². The predicted octanol–water partition coefficient (Wildman–Crippen LogP) is 2.77. The molecule has 0 aliphatic heterocycles. The average molecular weight is 271 g/mol. The summed E-state index contributed by atoms with van der Waals surface area (Å²) in [6, 6.07) is 12.6. The van der Waals surface area contributed by atoms with Crippen molar-refractivity contribution in [1.82, 2.24) is 15.3 Å². The van der Waals surface area contributed by atoms with Gasteiger partial charge in [-0.15, -0.1) is 0 Å². The number of nitrogens with one attached hydrogen (secondary N) is 1. The largest absolute Gasteiger partial charge is 0.481 e. The van der Waals surface area contributed by atoms with Crippen molar-refractivity contribution in [2.45, 2.75) is 25.8 Å². The molecule has 1 heterocycles. The highest BCUT2D eigenvalue weighted by atomic mass is 16.5. The third-order valence-corrected chi connectivity index (χ3v) is 3.16. The van der Waals surface area contributed by atoms with Crippen molar-refractivity contribution in [3.05, 3.63) is 54.0 Å². The van der Waals surface area contributed by atoms with E-state index in [1.165, 1.54) is 5.56 Å². The maximum atomic E-state index is 5.15. The summed E-state index contributed by atoms with van der Waals surface area (Å²) in [5, 5.41) is 3.57. The molecule has 0 aliphatic carbocycles. The number of aromatic nitrogens is 2. The Bertz CT molecular complexity index is 516. The maximum absolute atomic E-state index is 5.15. The molecule has 0 fully saturated rings. The summed E-state index contributed by atoms with van der Waals surface area (Å²) < 4.78 is 5.15. The predicted molar refractivity (Wildman–Crippen MR) is 79.8 cm³/mol. The van der Waals surface area contributed by atoms with E-state index in [1.54, 1.807) is 13.4 Å². The molecule has 0 saturated heterocycles. The van der Waals surface area contributed by atoms with Crippen LogP contribution in [0.25, 0.3) is 0 Å². The molecule has 0 amide bonds. The zero-order valence-electron chi connectivity index (χ0n) is 12.0. The molecule has 1 N–H and O–H groups in total. The lowest BCUT2D eigenvalue weighted by Crippen LogP contribution is -2.24. The lowest BCUT2D eigenvalue weighted by molar-refractivity contribution is 0.395. The Balaban J connectivity index is 2.14. The first-order valence-corrected chi connectivity index (χ1v) is 6.96. The van der Waals surface area contributed by atoms with Crippen LogP contribution in [0.4, 0.5) is 0 Å². The summed E-state index contributed by atoms with van der Waals surface area (Å²) in [5.74, 6) is 0.609. The summed E-state index contributed by atoms with van der Waals surface area (Å²) in [4.78, 5) is 8.38. The molecule has 0 aliphatic rings. The van der Waals surface area contributed by atoms with E-state index in [9.17, 15) is 0 Å². The van der Waals surface area contributed by atoms with Gasteiger partial charge in [-0.25, -0.2) is 9.97 Å². The number of benzene rings is 1. The second-order valence-electron chi connectivity index (χ2n) is 4.67. The number of hydrogen-bond acceptors (Lipinski definition) is 4. The van der Waals surface area contributed by atoms with Gasteiger partial charge < -0.3 is 10.1 Å². The van der Waals surface area contributed by atoms with Crippen molar-refractivity contribution in [3.63, 3.8) is 0 Å². The molecule has 4 nitrogen and oxygen atoms in total. The van der Waals surface area contributed by atoms with Gasteiger partial charge in [0.05, 0.1) is 7.11 Å². The molecule has 1 aromatic carbocycles. The van der Waals surface area contributed by atoms with Crippen LogP contribution < -0.4 is 10.1 Å². The van der Waals surface area contributed by atoms with Crippen LogP contribution >= 0.6 is 0 Å². The first-order valence-electron chi connectivity index (χ1n) is 6.96. The van der Waals surface area contributed by atoms with Gasteiger partial charge in [-0.05, 0) is 18.5 Å². The minimum atomic E-state index is 0.260. The van der Waals surface area contributed by atoms with Crippen LogP contribution in [0.5, 0.6) is 5.88 Å². The van der Waals surface area contributed by atoms with Crippen molar-refractivity contribution < 1.29 is 4.74 Å². The minimum absolute atomic E-state index is 0.260. The third-order valence-electron chi connectivity index (χ3n) is 3.16. The lowest BCUT2D eigenvalue weighted by atomic mass is 10.0. The SMILES string of the molecule is CCCNC(Cc1cc(OC)ncn1)c1ccccc1. The van der Waals surface area contributed by atoms with E-state index in [1.807, 2.05) is 12.1 Å². The number of hydrogen-bond donors (Lipinski definition) is 1. The second kappa shape index (κ2) is 7.60. The third kappa shape index (κ3) is 4.03. The fraction of sp³-hybridized carbons (Fsp3) is 0.375. The molecule has 2 aromatic rings. The number of rotatable bonds is 7. The van der Waals surface area contributed by atoms with Crippen molar-refractivity contribution in [2.75, 3.05) is 13.7 Å². The lowest BCUT2D eigenvalue weighted by Gasteiger charge is -2.18. The Morgan fingerprint density at radius 3 is 2.70 bits per heavy atom. The average Bonchev–Trinajstić information content (AvgIpc) is 2.52. The molecule has 4 heteroatoms. The Hall–Kier alpha value is -1.94. The van der Waals surface area contributed by atoms with Crippen LogP contribution in [0.2, 0.25) is 0 Å². The molecule has 1 atom stereocenters. The monoisotopic (exact) mass is 271 g/mol. The van der Waals surface area contributed by atoms with Crippen molar-refractivity contribution in [2.24, 2.45) is 0 Å². The normalized spacial score (nSPS) is 12.1. The molecule has 20 heavy (non-hydrogen) atoms. The summed E-state index contributed by atoms with van der Waals surface area (Å²) in [6.45, 7) is 3.16. The smallest absolute Gasteiger partial charge is 0.216 e. The van der Waals surface area contributed by atoms with E-state index in [-0.39, 0.29) is 6.04 Å². The molecular formula is C16H21N3O. The standard InChI is InChI=1S/C16H21N3O/c1-3-9-17-15(13-7-5-4-6-8-13)10-14-11-16(20-2)19-12-18-14/h4-8,11-12,15,17H,3,9-10H2,1-2H3. The fourth-order valence-electron chi connectivity index (χ4n) is 2.12. The maximum Gasteiger partial charge on any atom is 0.216 e. The first kappa shape index (κ1) is 14.5.